The topological polar surface area (TPSA) is 411 Å². The van der Waals surface area contributed by atoms with E-state index in [0.29, 0.717) is 11.1 Å². The number of hydrogen-bond acceptors (Lipinski definition) is 11. The van der Waals surface area contributed by atoms with Gasteiger partial charge in [0.2, 0.25) is 53.2 Å². The lowest BCUT2D eigenvalue weighted by atomic mass is 10.0. The van der Waals surface area contributed by atoms with Crippen LogP contribution in [0.15, 0.2) is 65.8 Å². The van der Waals surface area contributed by atoms with E-state index in [-0.39, 0.29) is 83.4 Å². The summed E-state index contributed by atoms with van der Waals surface area (Å²) in [4.78, 5) is 141. The van der Waals surface area contributed by atoms with Crippen molar-refractivity contribution < 1.29 is 47.9 Å². The van der Waals surface area contributed by atoms with E-state index in [1.165, 1.54) is 13.8 Å². The highest BCUT2D eigenvalue weighted by molar-refractivity contribution is 5.99. The molecule has 4 rings (SSSR count). The minimum absolute atomic E-state index is 0.00576. The summed E-state index contributed by atoms with van der Waals surface area (Å²) in [6.45, 7) is 2.66. The SMILES string of the molecule is CC(=O)N[C@@H](CCCN=C(N)N)C(=O)N[C@H]1CC(=O)NCCCC[C@@H](C(N)=O)NC(=O)[C@H](Cc2c[nH]c3ccccc23)NC(=O)[C@H](CCCNC(N)=O)NC(=O)[C@@H](Cc2ccccc2)NC(=O)[C@H](C)NC1=O. The van der Waals surface area contributed by atoms with E-state index in [9.17, 15) is 47.9 Å². The summed E-state index contributed by atoms with van der Waals surface area (Å²) in [5.74, 6) is -7.40. The summed E-state index contributed by atoms with van der Waals surface area (Å²) in [5.41, 5.74) is 23.8. The molecule has 1 aliphatic heterocycles. The molecular weight excluding hydrogens is 935 g/mol. The molecule has 1 fully saturated rings. The van der Waals surface area contributed by atoms with Gasteiger partial charge in [0, 0.05) is 56.5 Å². The van der Waals surface area contributed by atoms with Crippen LogP contribution in [0.5, 0.6) is 0 Å². The molecular formula is C47H67N15O10. The largest absolute Gasteiger partial charge is 0.370 e. The first-order valence-corrected chi connectivity index (χ1v) is 23.6. The van der Waals surface area contributed by atoms with Crippen LogP contribution in [0.2, 0.25) is 0 Å². The van der Waals surface area contributed by atoms with Gasteiger partial charge in [-0.2, -0.15) is 0 Å². The van der Waals surface area contributed by atoms with E-state index in [1.54, 1.807) is 42.6 Å². The first-order chi connectivity index (χ1) is 34.3. The number of hydrogen-bond donors (Lipinski definition) is 14. The van der Waals surface area contributed by atoms with E-state index < -0.39 is 108 Å². The van der Waals surface area contributed by atoms with E-state index in [1.807, 2.05) is 18.2 Å². The number of carbonyl (C=O) groups excluding carboxylic acids is 10. The van der Waals surface area contributed by atoms with Gasteiger partial charge in [-0.3, -0.25) is 48.1 Å². The number of urea groups is 1. The molecule has 390 valence electrons. The number of amides is 11. The molecule has 7 atom stereocenters. The summed E-state index contributed by atoms with van der Waals surface area (Å²) in [6.07, 6.45) is 1.70. The van der Waals surface area contributed by atoms with Crippen molar-refractivity contribution >= 4 is 76.1 Å². The van der Waals surface area contributed by atoms with Crippen molar-refractivity contribution in [3.8, 4) is 0 Å². The number of aromatic amines is 1. The van der Waals surface area contributed by atoms with Crippen LogP contribution in [0.3, 0.4) is 0 Å². The molecule has 0 bridgehead atoms. The zero-order valence-electron chi connectivity index (χ0n) is 40.3. The molecule has 25 heteroatoms. The number of H-pyrrole nitrogens is 1. The third-order valence-corrected chi connectivity index (χ3v) is 11.6. The van der Waals surface area contributed by atoms with Crippen molar-refractivity contribution in [3.05, 3.63) is 71.9 Å². The fourth-order valence-corrected chi connectivity index (χ4v) is 7.81. The number of nitrogens with two attached hydrogens (primary N) is 4. The van der Waals surface area contributed by atoms with E-state index in [2.05, 4.69) is 57.8 Å². The second-order valence-electron chi connectivity index (χ2n) is 17.4. The number of fused-ring (bicyclic) bond motifs is 1. The van der Waals surface area contributed by atoms with Gasteiger partial charge >= 0.3 is 6.03 Å². The second-order valence-corrected chi connectivity index (χ2v) is 17.4. The highest BCUT2D eigenvalue weighted by Gasteiger charge is 2.34. The Balaban J connectivity index is 1.71. The predicted molar refractivity (Wildman–Crippen MR) is 264 cm³/mol. The van der Waals surface area contributed by atoms with Gasteiger partial charge in [0.05, 0.1) is 6.42 Å². The summed E-state index contributed by atoms with van der Waals surface area (Å²) < 4.78 is 0. The number of carbonyl (C=O) groups is 10. The van der Waals surface area contributed by atoms with Crippen LogP contribution in [0.4, 0.5) is 4.79 Å². The zero-order valence-corrected chi connectivity index (χ0v) is 40.3. The quantitative estimate of drug-likeness (QED) is 0.0390. The van der Waals surface area contributed by atoms with Crippen molar-refractivity contribution in [2.75, 3.05) is 19.6 Å². The van der Waals surface area contributed by atoms with Gasteiger partial charge in [0.25, 0.3) is 0 Å². The minimum Gasteiger partial charge on any atom is -0.370 e. The van der Waals surface area contributed by atoms with Crippen molar-refractivity contribution in [3.63, 3.8) is 0 Å². The number of guanidine groups is 1. The number of benzene rings is 2. The van der Waals surface area contributed by atoms with Gasteiger partial charge in [-0.05, 0) is 69.1 Å². The maximum atomic E-state index is 14.4. The molecule has 1 aliphatic rings. The Labute approximate surface area is 415 Å². The highest BCUT2D eigenvalue weighted by Crippen LogP contribution is 2.20. The Morgan fingerprint density at radius 1 is 0.750 bits per heavy atom. The van der Waals surface area contributed by atoms with Gasteiger partial charge in [0.15, 0.2) is 5.96 Å². The summed E-state index contributed by atoms with van der Waals surface area (Å²) in [6, 6.07) is 5.53. The van der Waals surface area contributed by atoms with Crippen LogP contribution in [0.25, 0.3) is 10.9 Å². The average molecular weight is 1000 g/mol. The van der Waals surface area contributed by atoms with Crippen LogP contribution in [-0.2, 0) is 56.0 Å². The van der Waals surface area contributed by atoms with Gasteiger partial charge in [-0.15, -0.1) is 0 Å². The molecule has 11 amide bonds. The van der Waals surface area contributed by atoms with Crippen molar-refractivity contribution in [2.45, 2.75) is 120 Å². The van der Waals surface area contributed by atoms with Gasteiger partial charge in [-0.25, -0.2) is 4.79 Å². The first kappa shape index (κ1) is 56.3. The standard InChI is InChI=1S/C47H67N15O10/c1-26-40(66)60-35(22-28-12-4-3-5-13-28)44(70)59-34(18-11-21-54-47(51)72)42(68)61-36(23-29-25-55-31-15-7-6-14-30(29)31)45(71)58-32(39(48)65)16-8-9-19-52-38(64)24-37(43(69)56-26)62-41(67)33(57-27(2)63)17-10-20-53-46(49)50/h3-7,12-15,25-26,32-37,55H,8-11,16-24H2,1-2H3,(H2,48,65)(H,52,64)(H,56,69)(H,57,63)(H,58,71)(H,59,70)(H,60,66)(H,61,68)(H,62,67)(H4,49,50,53)(H3,51,54,72)/t26-,32-,33-,34-,35+,36-,37-/m0/s1. The molecule has 0 spiro atoms. The zero-order chi connectivity index (χ0) is 52.7. The molecule has 2 heterocycles. The number of rotatable bonds is 16. The van der Waals surface area contributed by atoms with Crippen LogP contribution < -0.4 is 70.8 Å². The fourth-order valence-electron chi connectivity index (χ4n) is 7.81. The minimum atomic E-state index is -1.60. The molecule has 0 saturated carbocycles. The highest BCUT2D eigenvalue weighted by atomic mass is 16.2. The van der Waals surface area contributed by atoms with Crippen molar-refractivity contribution in [2.24, 2.45) is 27.9 Å². The Kier molecular flexibility index (Phi) is 22.2. The molecule has 25 nitrogen and oxygen atoms in total. The van der Waals surface area contributed by atoms with Crippen molar-refractivity contribution in [1.82, 2.24) is 52.8 Å². The van der Waals surface area contributed by atoms with Crippen LogP contribution in [0, 0.1) is 0 Å². The maximum absolute atomic E-state index is 14.4. The molecule has 18 N–H and O–H groups in total. The molecule has 1 saturated heterocycles. The molecule has 0 aliphatic carbocycles. The number of aromatic nitrogens is 1. The van der Waals surface area contributed by atoms with E-state index >= 15 is 0 Å². The van der Waals surface area contributed by atoms with E-state index in [0.717, 1.165) is 10.9 Å². The number of primary amides is 2. The van der Waals surface area contributed by atoms with Crippen LogP contribution in [0.1, 0.15) is 76.3 Å². The lowest BCUT2D eigenvalue weighted by Crippen LogP contribution is -2.60. The third kappa shape index (κ3) is 18.9. The lowest BCUT2D eigenvalue weighted by molar-refractivity contribution is -0.136. The smallest absolute Gasteiger partial charge is 0.312 e. The lowest BCUT2D eigenvalue weighted by Gasteiger charge is -2.27. The van der Waals surface area contributed by atoms with Gasteiger partial charge < -0.3 is 75.8 Å². The summed E-state index contributed by atoms with van der Waals surface area (Å²) >= 11 is 0. The Morgan fingerprint density at radius 2 is 1.40 bits per heavy atom. The Bertz CT molecular complexity index is 2430. The maximum Gasteiger partial charge on any atom is 0.312 e. The fraction of sp³-hybridized carbons (Fsp3) is 0.468. The number of nitrogens with zero attached hydrogens (tertiary/aromatic N) is 1. The first-order valence-electron chi connectivity index (χ1n) is 23.6. The van der Waals surface area contributed by atoms with Crippen LogP contribution >= 0.6 is 0 Å². The Hall–Kier alpha value is -8.25. The molecule has 0 radical (unpaired) electrons. The molecule has 72 heavy (non-hydrogen) atoms. The van der Waals surface area contributed by atoms with Gasteiger partial charge in [-0.1, -0.05) is 48.5 Å². The predicted octanol–water partition coefficient (Wildman–Crippen LogP) is -2.94. The number of para-hydroxylation sites is 1. The van der Waals surface area contributed by atoms with Crippen molar-refractivity contribution in [1.29, 1.82) is 0 Å². The molecule has 3 aromatic rings. The number of nitrogens with one attached hydrogen (secondary N) is 10. The van der Waals surface area contributed by atoms with E-state index in [4.69, 9.17) is 22.9 Å². The summed E-state index contributed by atoms with van der Waals surface area (Å²) in [5, 5.41) is 24.1. The molecule has 1 aromatic heterocycles. The second kappa shape index (κ2) is 28.4. The Morgan fingerprint density at radius 3 is 2.10 bits per heavy atom. The molecule has 2 aromatic carbocycles. The normalized spacial score (nSPS) is 21.5. The summed E-state index contributed by atoms with van der Waals surface area (Å²) in [7, 11) is 0. The third-order valence-electron chi connectivity index (χ3n) is 11.6. The van der Waals surface area contributed by atoms with Gasteiger partial charge in [0.1, 0.15) is 42.3 Å². The number of aliphatic imine (C=N–C) groups is 1. The molecule has 0 unspecified atom stereocenters. The average Bonchev–Trinajstić information content (AvgIpc) is 3.74. The monoisotopic (exact) mass is 1000 g/mol. The van der Waals surface area contributed by atoms with Crippen LogP contribution in [-0.4, -0.2) is 132 Å².